The molecule has 0 aliphatic rings. The quantitative estimate of drug-likeness (QED) is 0.372. The van der Waals surface area contributed by atoms with E-state index in [0.29, 0.717) is 0 Å². The Kier molecular flexibility index (Phi) is 1.59. The summed E-state index contributed by atoms with van der Waals surface area (Å²) in [5.41, 5.74) is 0. The highest BCUT2D eigenvalue weighted by Gasteiger charge is 1.50. The molecular formula is CIO2-. The molecular weight excluding hydrogens is 171 g/mol. The van der Waals surface area contributed by atoms with Crippen molar-refractivity contribution in [3.63, 3.8) is 0 Å². The van der Waals surface area contributed by atoms with Gasteiger partial charge in [0.1, 0.15) is 3.98 Å². The lowest BCUT2D eigenvalue weighted by Crippen LogP contribution is -2.10. The van der Waals surface area contributed by atoms with Crippen LogP contribution in [0.15, 0.2) is 0 Å². The van der Waals surface area contributed by atoms with Crippen LogP contribution in [0, 0.1) is 0 Å². The van der Waals surface area contributed by atoms with E-state index >= 15 is 0 Å². The number of rotatable bonds is 0. The Bertz CT molecular complexity index is 29.0. The fourth-order valence-electron chi connectivity index (χ4n) is 0. The Morgan fingerprint density at radius 3 is 2.00 bits per heavy atom. The van der Waals surface area contributed by atoms with E-state index < -0.39 is 3.98 Å². The van der Waals surface area contributed by atoms with Crippen LogP contribution in [0.4, 0.5) is 4.79 Å². The van der Waals surface area contributed by atoms with Gasteiger partial charge in [-0.05, 0) is 22.6 Å². The third kappa shape index (κ3) is 79.2. The molecule has 24 valence electrons. The molecule has 4 heavy (non-hydrogen) atoms. The average Bonchev–Trinajstić information content (AvgIpc) is 0.811. The second-order valence-corrected chi connectivity index (χ2v) is 1.12. The lowest BCUT2D eigenvalue weighted by Gasteiger charge is -1.73. The molecule has 0 bridgehead atoms. The molecule has 0 amide bonds. The summed E-state index contributed by atoms with van der Waals surface area (Å²) in [7, 11) is 0. The molecule has 0 aromatic rings. The van der Waals surface area contributed by atoms with Crippen molar-refractivity contribution in [3.8, 4) is 0 Å². The molecule has 0 N–H and O–H groups in total. The van der Waals surface area contributed by atoms with Gasteiger partial charge in [-0.15, -0.1) is 0 Å². The summed E-state index contributed by atoms with van der Waals surface area (Å²) in [6.07, 6.45) is 0. The second kappa shape index (κ2) is 1.51. The molecule has 3 heteroatoms. The molecule has 0 aliphatic heterocycles. The Balaban J connectivity index is 2.80. The highest BCUT2D eigenvalue weighted by atomic mass is 127. The fourth-order valence-corrected chi connectivity index (χ4v) is 0. The summed E-state index contributed by atoms with van der Waals surface area (Å²) in [5, 5.41) is 8.88. The summed E-state index contributed by atoms with van der Waals surface area (Å²) in [6, 6.07) is 0. The molecule has 0 spiro atoms. The monoisotopic (exact) mass is 171 g/mol. The molecule has 0 fully saturated rings. The van der Waals surface area contributed by atoms with Gasteiger partial charge in [0.05, 0.1) is 0 Å². The molecule has 0 atom stereocenters. The average molecular weight is 171 g/mol. The van der Waals surface area contributed by atoms with Crippen LogP contribution in [0.5, 0.6) is 0 Å². The maximum absolute atomic E-state index is 8.88. The number of hydrogen-bond acceptors (Lipinski definition) is 2. The van der Waals surface area contributed by atoms with E-state index in [9.17, 15) is 0 Å². The van der Waals surface area contributed by atoms with Crippen LogP contribution in [0.2, 0.25) is 0 Å². The van der Waals surface area contributed by atoms with Gasteiger partial charge in [-0.1, -0.05) is 0 Å². The van der Waals surface area contributed by atoms with Crippen LogP contribution in [-0.2, 0) is 0 Å². The minimum atomic E-state index is -1.11. The van der Waals surface area contributed by atoms with Crippen LogP contribution < -0.4 is 5.11 Å². The van der Waals surface area contributed by atoms with Crippen molar-refractivity contribution in [2.75, 3.05) is 0 Å². The summed E-state index contributed by atoms with van der Waals surface area (Å²) < 4.78 is -1.11. The Morgan fingerprint density at radius 1 is 2.00 bits per heavy atom. The number of carboxylic acid groups (broad SMARTS) is 1. The van der Waals surface area contributed by atoms with Crippen molar-refractivity contribution < 1.29 is 9.90 Å². The first-order valence-corrected chi connectivity index (χ1v) is 1.68. The third-order valence-corrected chi connectivity index (χ3v) is 0. The molecule has 0 heterocycles. The number of halogens is 1. The lowest BCUT2D eigenvalue weighted by molar-refractivity contribution is -0.229. The Hall–Kier alpha value is 0.200. The molecule has 0 saturated carbocycles. The van der Waals surface area contributed by atoms with Gasteiger partial charge < -0.3 is 9.90 Å². The van der Waals surface area contributed by atoms with Crippen molar-refractivity contribution >= 4 is 26.6 Å². The van der Waals surface area contributed by atoms with E-state index in [2.05, 4.69) is 0 Å². The summed E-state index contributed by atoms with van der Waals surface area (Å²) in [5.74, 6) is 0. The number of carbonyl (C=O) groups is 1. The minimum Gasteiger partial charge on any atom is -0.538 e. The van der Waals surface area contributed by atoms with Gasteiger partial charge >= 0.3 is 0 Å². The van der Waals surface area contributed by atoms with Crippen LogP contribution in [0.1, 0.15) is 0 Å². The molecule has 0 unspecified atom stereocenters. The SMILES string of the molecule is O=C([O-])I. The molecule has 0 aliphatic carbocycles. The second-order valence-electron chi connectivity index (χ2n) is 0.238. The van der Waals surface area contributed by atoms with E-state index in [0.717, 1.165) is 22.6 Å². The first-order valence-electron chi connectivity index (χ1n) is 0.597. The normalized spacial score (nSPS) is 6.25. The summed E-state index contributed by atoms with van der Waals surface area (Å²) in [4.78, 5) is 8.88. The molecule has 0 aromatic heterocycles. The summed E-state index contributed by atoms with van der Waals surface area (Å²) in [6.45, 7) is 0. The molecule has 0 radical (unpaired) electrons. The predicted molar refractivity (Wildman–Crippen MR) is 19.4 cm³/mol. The predicted octanol–water partition coefficient (Wildman–Crippen LogP) is -0.235. The first-order chi connectivity index (χ1) is 1.73. The standard InChI is InChI=1S/CHIO2/c2-1(3)4/h(H,3,4)/p-1. The van der Waals surface area contributed by atoms with Gasteiger partial charge in [0.2, 0.25) is 0 Å². The summed E-state index contributed by atoms with van der Waals surface area (Å²) >= 11 is 1.15. The van der Waals surface area contributed by atoms with E-state index in [-0.39, 0.29) is 0 Å². The van der Waals surface area contributed by atoms with Gasteiger partial charge in [-0.25, -0.2) is 0 Å². The maximum atomic E-state index is 8.88. The third-order valence-electron chi connectivity index (χ3n) is 0. The number of carbonyl (C=O) groups excluding carboxylic acids is 1. The highest BCUT2D eigenvalue weighted by Crippen LogP contribution is 1.70. The topological polar surface area (TPSA) is 40.1 Å². The zero-order valence-electron chi connectivity index (χ0n) is 1.69. The molecule has 0 rings (SSSR count). The zero-order chi connectivity index (χ0) is 3.58. The zero-order valence-corrected chi connectivity index (χ0v) is 3.85. The lowest BCUT2D eigenvalue weighted by atomic mass is 11.7. The van der Waals surface area contributed by atoms with Crippen LogP contribution in [-0.4, -0.2) is 3.98 Å². The van der Waals surface area contributed by atoms with Crippen molar-refractivity contribution in [3.05, 3.63) is 0 Å². The largest absolute Gasteiger partial charge is 0.538 e. The van der Waals surface area contributed by atoms with Crippen LogP contribution in [0.25, 0.3) is 0 Å². The van der Waals surface area contributed by atoms with Crippen molar-refractivity contribution in [2.24, 2.45) is 0 Å². The van der Waals surface area contributed by atoms with Crippen molar-refractivity contribution in [2.45, 2.75) is 0 Å². The van der Waals surface area contributed by atoms with E-state index in [4.69, 9.17) is 9.90 Å². The van der Waals surface area contributed by atoms with Gasteiger partial charge in [-0.3, -0.25) is 0 Å². The van der Waals surface area contributed by atoms with Crippen LogP contribution in [0.3, 0.4) is 0 Å². The van der Waals surface area contributed by atoms with Gasteiger partial charge in [0.25, 0.3) is 0 Å². The molecule has 2 nitrogen and oxygen atoms in total. The van der Waals surface area contributed by atoms with E-state index in [1.165, 1.54) is 0 Å². The van der Waals surface area contributed by atoms with Gasteiger partial charge in [-0.2, -0.15) is 0 Å². The first kappa shape index (κ1) is 4.20. The smallest absolute Gasteiger partial charge is 0.103 e. The fraction of sp³-hybridized carbons (Fsp3) is 0. The van der Waals surface area contributed by atoms with Crippen molar-refractivity contribution in [1.82, 2.24) is 0 Å². The van der Waals surface area contributed by atoms with Gasteiger partial charge in [0.15, 0.2) is 0 Å². The number of hydrogen-bond donors (Lipinski definition) is 0. The van der Waals surface area contributed by atoms with E-state index in [1.54, 1.807) is 0 Å². The van der Waals surface area contributed by atoms with E-state index in [1.807, 2.05) is 0 Å². The molecule has 0 aromatic carbocycles. The Labute approximate surface area is 37.0 Å². The Morgan fingerprint density at radius 2 is 2.00 bits per heavy atom. The highest BCUT2D eigenvalue weighted by molar-refractivity contribution is 14.1. The van der Waals surface area contributed by atoms with Gasteiger partial charge in [0, 0.05) is 0 Å². The maximum Gasteiger partial charge on any atom is 0.103 e. The minimum absolute atomic E-state index is 1.11. The molecule has 0 saturated heterocycles. The van der Waals surface area contributed by atoms with Crippen molar-refractivity contribution in [1.29, 1.82) is 0 Å². The van der Waals surface area contributed by atoms with Crippen LogP contribution >= 0.6 is 22.6 Å².